The lowest BCUT2D eigenvalue weighted by atomic mass is 10.2. The highest BCUT2D eigenvalue weighted by atomic mass is 16.7. The van der Waals surface area contributed by atoms with E-state index in [-0.39, 0.29) is 6.79 Å². The average molecular weight is 294 g/mol. The van der Waals surface area contributed by atoms with Gasteiger partial charge >= 0.3 is 0 Å². The number of nitrogens with zero attached hydrogens (tertiary/aromatic N) is 2. The molecule has 1 aliphatic heterocycles. The summed E-state index contributed by atoms with van der Waals surface area (Å²) < 4.78 is 16.3. The Bertz CT molecular complexity index is 746. The first-order valence-corrected chi connectivity index (χ1v) is 6.91. The quantitative estimate of drug-likeness (QED) is 0.810. The third-order valence-electron chi connectivity index (χ3n) is 3.15. The Kier molecular flexibility index (Phi) is 3.92. The van der Waals surface area contributed by atoms with Crippen LogP contribution < -0.4 is 14.2 Å². The van der Waals surface area contributed by atoms with Gasteiger partial charge in [-0.15, -0.1) is 0 Å². The third-order valence-corrected chi connectivity index (χ3v) is 3.15. The standard InChI is InChI=1S/C17H14N2O3/c1-2-20-15-8-17-16(21-11-22-17)7-13(15)10-19-14-5-3-12(9-18)4-6-14/h3-8,10H,2,11H2,1H3. The van der Waals surface area contributed by atoms with Crippen LogP contribution in [0.15, 0.2) is 41.4 Å². The second-order valence-electron chi connectivity index (χ2n) is 4.59. The van der Waals surface area contributed by atoms with Crippen molar-refractivity contribution in [2.75, 3.05) is 13.4 Å². The van der Waals surface area contributed by atoms with Gasteiger partial charge in [-0.1, -0.05) is 0 Å². The van der Waals surface area contributed by atoms with E-state index in [1.165, 1.54) is 0 Å². The summed E-state index contributed by atoms with van der Waals surface area (Å²) >= 11 is 0. The van der Waals surface area contributed by atoms with Gasteiger partial charge in [-0.25, -0.2) is 0 Å². The number of nitriles is 1. The van der Waals surface area contributed by atoms with Crippen LogP contribution in [0.3, 0.4) is 0 Å². The molecular weight excluding hydrogens is 280 g/mol. The molecule has 0 aromatic heterocycles. The summed E-state index contributed by atoms with van der Waals surface area (Å²) in [4.78, 5) is 4.41. The van der Waals surface area contributed by atoms with Gasteiger partial charge in [0, 0.05) is 17.8 Å². The van der Waals surface area contributed by atoms with Gasteiger partial charge in [0.2, 0.25) is 6.79 Å². The van der Waals surface area contributed by atoms with Crippen molar-refractivity contribution in [1.82, 2.24) is 0 Å². The maximum atomic E-state index is 8.79. The van der Waals surface area contributed by atoms with Crippen LogP contribution in [0.5, 0.6) is 17.2 Å². The fourth-order valence-corrected chi connectivity index (χ4v) is 2.09. The second-order valence-corrected chi connectivity index (χ2v) is 4.59. The first-order chi connectivity index (χ1) is 10.8. The van der Waals surface area contributed by atoms with Crippen LogP contribution in [-0.2, 0) is 0 Å². The van der Waals surface area contributed by atoms with E-state index >= 15 is 0 Å². The molecule has 5 nitrogen and oxygen atoms in total. The number of aliphatic imine (C=N–C) groups is 1. The smallest absolute Gasteiger partial charge is 0.231 e. The molecule has 1 aliphatic rings. The number of hydrogen-bond acceptors (Lipinski definition) is 5. The van der Waals surface area contributed by atoms with Gasteiger partial charge in [-0.2, -0.15) is 5.26 Å². The topological polar surface area (TPSA) is 63.8 Å². The Labute approximate surface area is 128 Å². The monoisotopic (exact) mass is 294 g/mol. The van der Waals surface area contributed by atoms with E-state index in [2.05, 4.69) is 11.1 Å². The molecule has 0 unspecified atom stereocenters. The fourth-order valence-electron chi connectivity index (χ4n) is 2.09. The molecule has 110 valence electrons. The van der Waals surface area contributed by atoms with E-state index in [4.69, 9.17) is 19.5 Å². The zero-order valence-electron chi connectivity index (χ0n) is 12.1. The van der Waals surface area contributed by atoms with Crippen molar-refractivity contribution in [1.29, 1.82) is 5.26 Å². The van der Waals surface area contributed by atoms with Crippen LogP contribution in [0.1, 0.15) is 18.1 Å². The molecule has 0 amide bonds. The van der Waals surface area contributed by atoms with E-state index in [9.17, 15) is 0 Å². The summed E-state index contributed by atoms with van der Waals surface area (Å²) in [5, 5.41) is 8.79. The van der Waals surface area contributed by atoms with Crippen LogP contribution in [0, 0.1) is 11.3 Å². The van der Waals surface area contributed by atoms with Gasteiger partial charge in [-0.05, 0) is 37.3 Å². The predicted octanol–water partition coefficient (Wildman–Crippen LogP) is 3.44. The molecular formula is C17H14N2O3. The molecule has 1 heterocycles. The van der Waals surface area contributed by atoms with Gasteiger partial charge in [0.05, 0.1) is 23.9 Å². The van der Waals surface area contributed by atoms with Crippen molar-refractivity contribution in [2.45, 2.75) is 6.92 Å². The largest absolute Gasteiger partial charge is 0.493 e. The molecule has 0 N–H and O–H groups in total. The molecule has 5 heteroatoms. The number of ether oxygens (including phenoxy) is 3. The molecule has 3 rings (SSSR count). The van der Waals surface area contributed by atoms with Gasteiger partial charge in [0.25, 0.3) is 0 Å². The Morgan fingerprint density at radius 2 is 1.95 bits per heavy atom. The molecule has 0 spiro atoms. The summed E-state index contributed by atoms with van der Waals surface area (Å²) in [5.74, 6) is 2.06. The van der Waals surface area contributed by atoms with Crippen molar-refractivity contribution in [3.8, 4) is 23.3 Å². The fraction of sp³-hybridized carbons (Fsp3) is 0.176. The zero-order chi connectivity index (χ0) is 15.4. The number of rotatable bonds is 4. The Morgan fingerprint density at radius 1 is 1.23 bits per heavy atom. The van der Waals surface area contributed by atoms with Crippen LogP contribution >= 0.6 is 0 Å². The van der Waals surface area contributed by atoms with E-state index in [1.54, 1.807) is 30.5 Å². The molecule has 2 aromatic rings. The molecule has 2 aromatic carbocycles. The summed E-state index contributed by atoms with van der Waals surface area (Å²) in [6.45, 7) is 2.70. The highest BCUT2D eigenvalue weighted by Gasteiger charge is 2.17. The van der Waals surface area contributed by atoms with Gasteiger partial charge < -0.3 is 14.2 Å². The summed E-state index contributed by atoms with van der Waals surface area (Å²) in [6, 6.07) is 12.8. The summed E-state index contributed by atoms with van der Waals surface area (Å²) in [5.41, 5.74) is 2.19. The number of hydrogen-bond donors (Lipinski definition) is 0. The van der Waals surface area contributed by atoms with Crippen LogP contribution in [0.2, 0.25) is 0 Å². The SMILES string of the molecule is CCOc1cc2c(cc1C=Nc1ccc(C#N)cc1)OCO2. The summed E-state index contributed by atoms with van der Waals surface area (Å²) in [6.07, 6.45) is 1.72. The molecule has 0 aliphatic carbocycles. The van der Waals surface area contributed by atoms with Crippen molar-refractivity contribution >= 4 is 11.9 Å². The predicted molar refractivity (Wildman–Crippen MR) is 82.1 cm³/mol. The molecule has 22 heavy (non-hydrogen) atoms. The minimum Gasteiger partial charge on any atom is -0.493 e. The second kappa shape index (κ2) is 6.19. The normalized spacial score (nSPS) is 12.4. The first-order valence-electron chi connectivity index (χ1n) is 6.91. The zero-order valence-corrected chi connectivity index (χ0v) is 12.1. The van der Waals surface area contributed by atoms with E-state index < -0.39 is 0 Å². The average Bonchev–Trinajstić information content (AvgIpc) is 3.00. The number of benzene rings is 2. The molecule has 0 atom stereocenters. The van der Waals surface area contributed by atoms with Crippen molar-refractivity contribution in [3.63, 3.8) is 0 Å². The van der Waals surface area contributed by atoms with Crippen molar-refractivity contribution < 1.29 is 14.2 Å². The molecule has 0 fully saturated rings. The van der Waals surface area contributed by atoms with Crippen molar-refractivity contribution in [2.24, 2.45) is 4.99 Å². The molecule has 0 bridgehead atoms. The first kappa shape index (κ1) is 14.0. The minimum atomic E-state index is 0.219. The van der Waals surface area contributed by atoms with E-state index in [1.807, 2.05) is 19.1 Å². The van der Waals surface area contributed by atoms with Crippen LogP contribution in [-0.4, -0.2) is 19.6 Å². The third kappa shape index (κ3) is 2.86. The molecule has 0 saturated heterocycles. The van der Waals surface area contributed by atoms with E-state index in [0.717, 1.165) is 11.3 Å². The van der Waals surface area contributed by atoms with Crippen molar-refractivity contribution in [3.05, 3.63) is 47.5 Å². The number of fused-ring (bicyclic) bond motifs is 1. The maximum Gasteiger partial charge on any atom is 0.231 e. The lowest BCUT2D eigenvalue weighted by Crippen LogP contribution is -1.96. The molecule has 0 saturated carbocycles. The van der Waals surface area contributed by atoms with Crippen LogP contribution in [0.25, 0.3) is 0 Å². The summed E-state index contributed by atoms with van der Waals surface area (Å²) in [7, 11) is 0. The van der Waals surface area contributed by atoms with Gasteiger partial charge in [0.1, 0.15) is 5.75 Å². The Hall–Kier alpha value is -3.00. The lowest BCUT2D eigenvalue weighted by Gasteiger charge is -2.08. The highest BCUT2D eigenvalue weighted by molar-refractivity contribution is 5.87. The maximum absolute atomic E-state index is 8.79. The minimum absolute atomic E-state index is 0.219. The van der Waals surface area contributed by atoms with Crippen LogP contribution in [0.4, 0.5) is 5.69 Å². The van der Waals surface area contributed by atoms with E-state index in [0.29, 0.717) is 29.4 Å². The lowest BCUT2D eigenvalue weighted by molar-refractivity contribution is 0.174. The highest BCUT2D eigenvalue weighted by Crippen LogP contribution is 2.37. The van der Waals surface area contributed by atoms with Gasteiger partial charge in [0.15, 0.2) is 11.5 Å². The Morgan fingerprint density at radius 3 is 2.64 bits per heavy atom. The Balaban J connectivity index is 1.89. The van der Waals surface area contributed by atoms with Gasteiger partial charge in [-0.3, -0.25) is 4.99 Å². The molecule has 0 radical (unpaired) electrons.